The van der Waals surface area contributed by atoms with E-state index in [1.165, 1.54) is 23.6 Å². The summed E-state index contributed by atoms with van der Waals surface area (Å²) in [5.41, 5.74) is 1.80. The molecule has 0 radical (unpaired) electrons. The van der Waals surface area contributed by atoms with Gasteiger partial charge in [-0.2, -0.15) is 16.9 Å². The van der Waals surface area contributed by atoms with Crippen LogP contribution in [0.2, 0.25) is 0 Å². The van der Waals surface area contributed by atoms with E-state index in [-0.39, 0.29) is 5.82 Å². The number of H-pyrrole nitrogens is 1. The number of hydrogen-bond donors (Lipinski definition) is 1. The molecule has 1 aromatic carbocycles. The molecule has 1 fully saturated rings. The van der Waals surface area contributed by atoms with Crippen molar-refractivity contribution in [2.45, 2.75) is 32.2 Å². The molecule has 1 aliphatic rings. The van der Waals surface area contributed by atoms with Crippen LogP contribution in [0.3, 0.4) is 0 Å². The van der Waals surface area contributed by atoms with Gasteiger partial charge in [-0.25, -0.2) is 14.1 Å². The molecule has 120 valence electrons. The number of fused-ring (bicyclic) bond motifs is 1. The maximum Gasteiger partial charge on any atom is 0.160 e. The van der Waals surface area contributed by atoms with Crippen molar-refractivity contribution >= 4 is 22.7 Å². The maximum atomic E-state index is 13.4. The van der Waals surface area contributed by atoms with Crippen LogP contribution in [0.1, 0.15) is 31.6 Å². The van der Waals surface area contributed by atoms with Gasteiger partial charge in [0.2, 0.25) is 0 Å². The van der Waals surface area contributed by atoms with Crippen molar-refractivity contribution in [1.29, 1.82) is 0 Å². The molecule has 2 aromatic heterocycles. The average molecular weight is 330 g/mol. The lowest BCUT2D eigenvalue weighted by Crippen LogP contribution is -2.17. The van der Waals surface area contributed by atoms with Crippen molar-refractivity contribution in [1.82, 2.24) is 19.7 Å². The highest BCUT2D eigenvalue weighted by atomic mass is 32.2. The lowest BCUT2D eigenvalue weighted by Gasteiger charge is -2.22. The number of thioether (sulfide) groups is 1. The molecule has 0 atom stereocenters. The number of aromatic nitrogens is 4. The van der Waals surface area contributed by atoms with Gasteiger partial charge in [0, 0.05) is 29.1 Å². The highest BCUT2D eigenvalue weighted by Crippen LogP contribution is 2.33. The lowest BCUT2D eigenvalue weighted by molar-refractivity contribution is 0.428. The Balaban J connectivity index is 1.84. The van der Waals surface area contributed by atoms with Crippen LogP contribution in [-0.4, -0.2) is 31.3 Å². The predicted octanol–water partition coefficient (Wildman–Crippen LogP) is 4.20. The minimum atomic E-state index is -0.231. The van der Waals surface area contributed by atoms with Gasteiger partial charge in [0.1, 0.15) is 5.82 Å². The fraction of sp³-hybridized carbons (Fsp3) is 0.412. The number of halogens is 1. The highest BCUT2D eigenvalue weighted by molar-refractivity contribution is 7.99. The molecule has 3 heterocycles. The van der Waals surface area contributed by atoms with Crippen LogP contribution in [0, 0.1) is 5.82 Å². The molecule has 23 heavy (non-hydrogen) atoms. The van der Waals surface area contributed by atoms with Crippen LogP contribution in [0.5, 0.6) is 0 Å². The summed E-state index contributed by atoms with van der Waals surface area (Å²) in [6, 6.07) is 5.25. The molecule has 1 N–H and O–H groups in total. The summed E-state index contributed by atoms with van der Waals surface area (Å²) in [5, 5.41) is 5.73. The van der Waals surface area contributed by atoms with Crippen molar-refractivity contribution in [3.05, 3.63) is 36.0 Å². The molecule has 6 heteroatoms. The zero-order chi connectivity index (χ0) is 15.8. The fourth-order valence-corrected chi connectivity index (χ4v) is 4.25. The number of aryl methyl sites for hydroxylation is 1. The first-order valence-corrected chi connectivity index (χ1v) is 9.22. The van der Waals surface area contributed by atoms with Gasteiger partial charge >= 0.3 is 0 Å². The fourth-order valence-electron chi connectivity index (χ4n) is 3.17. The minimum absolute atomic E-state index is 0.231. The van der Waals surface area contributed by atoms with Crippen LogP contribution in [0.25, 0.3) is 22.3 Å². The second-order valence-corrected chi connectivity index (χ2v) is 7.11. The van der Waals surface area contributed by atoms with Gasteiger partial charge < -0.3 is 4.98 Å². The Hall–Kier alpha value is -1.82. The molecule has 0 amide bonds. The molecule has 0 aliphatic carbocycles. The van der Waals surface area contributed by atoms with E-state index in [9.17, 15) is 4.39 Å². The Morgan fingerprint density at radius 1 is 1.35 bits per heavy atom. The number of benzene rings is 1. The quantitative estimate of drug-likeness (QED) is 0.783. The second-order valence-electron chi connectivity index (χ2n) is 5.89. The van der Waals surface area contributed by atoms with Crippen molar-refractivity contribution in [3.8, 4) is 11.4 Å². The van der Waals surface area contributed by atoms with E-state index in [1.807, 2.05) is 24.0 Å². The van der Waals surface area contributed by atoms with Gasteiger partial charge in [0.25, 0.3) is 0 Å². The number of rotatable bonds is 3. The first kappa shape index (κ1) is 14.8. The predicted molar refractivity (Wildman–Crippen MR) is 92.2 cm³/mol. The molecule has 0 saturated carbocycles. The van der Waals surface area contributed by atoms with Crippen LogP contribution in [0.15, 0.2) is 24.4 Å². The second kappa shape index (κ2) is 6.00. The van der Waals surface area contributed by atoms with E-state index in [2.05, 4.69) is 16.6 Å². The van der Waals surface area contributed by atoms with E-state index < -0.39 is 0 Å². The third kappa shape index (κ3) is 2.65. The van der Waals surface area contributed by atoms with Crippen LogP contribution >= 0.6 is 11.8 Å². The molecule has 1 saturated heterocycles. The first-order chi connectivity index (χ1) is 11.3. The smallest absolute Gasteiger partial charge is 0.160 e. The number of aromatic amines is 1. The number of hydrogen-bond acceptors (Lipinski definition) is 3. The van der Waals surface area contributed by atoms with Crippen molar-refractivity contribution in [2.75, 3.05) is 11.5 Å². The Morgan fingerprint density at radius 2 is 2.17 bits per heavy atom. The van der Waals surface area contributed by atoms with Crippen LogP contribution in [-0.2, 0) is 6.42 Å². The van der Waals surface area contributed by atoms with Crippen molar-refractivity contribution in [3.63, 3.8) is 0 Å². The van der Waals surface area contributed by atoms with Crippen LogP contribution < -0.4 is 0 Å². The van der Waals surface area contributed by atoms with Crippen LogP contribution in [0.4, 0.5) is 4.39 Å². The molecular formula is C17H19FN4S. The van der Waals surface area contributed by atoms with E-state index in [0.717, 1.165) is 47.4 Å². The number of nitrogens with zero attached hydrogens (tertiary/aromatic N) is 3. The number of nitrogens with one attached hydrogen (secondary N) is 1. The largest absolute Gasteiger partial charge is 0.360 e. The summed E-state index contributed by atoms with van der Waals surface area (Å²) in [6.45, 7) is 2.07. The van der Waals surface area contributed by atoms with Gasteiger partial charge in [0.15, 0.2) is 11.6 Å². The van der Waals surface area contributed by atoms with E-state index in [1.54, 1.807) is 0 Å². The van der Waals surface area contributed by atoms with Gasteiger partial charge in [0.05, 0.1) is 6.04 Å². The highest BCUT2D eigenvalue weighted by Gasteiger charge is 2.23. The Bertz CT molecular complexity index is 832. The van der Waals surface area contributed by atoms with Gasteiger partial charge in [-0.1, -0.05) is 6.92 Å². The summed E-state index contributed by atoms with van der Waals surface area (Å²) >= 11 is 2.00. The van der Waals surface area contributed by atoms with Crippen molar-refractivity contribution in [2.24, 2.45) is 0 Å². The summed E-state index contributed by atoms with van der Waals surface area (Å²) in [7, 11) is 0. The standard InChI is InChI=1S/C17H19FN4S/c1-2-16-20-17(22(21-16)12-5-7-23-8-6-12)14-10-19-15-9-11(18)3-4-13(14)15/h3-4,9-10,12,19H,2,5-8H2,1H3. The van der Waals surface area contributed by atoms with E-state index in [4.69, 9.17) is 10.1 Å². The first-order valence-electron chi connectivity index (χ1n) is 8.06. The average Bonchev–Trinajstić information content (AvgIpc) is 3.18. The van der Waals surface area contributed by atoms with Crippen molar-refractivity contribution < 1.29 is 4.39 Å². The lowest BCUT2D eigenvalue weighted by atomic mass is 10.1. The third-order valence-electron chi connectivity index (χ3n) is 4.41. The Kier molecular flexibility index (Phi) is 3.85. The summed E-state index contributed by atoms with van der Waals surface area (Å²) < 4.78 is 15.5. The molecule has 1 aliphatic heterocycles. The minimum Gasteiger partial charge on any atom is -0.360 e. The molecule has 0 unspecified atom stereocenters. The van der Waals surface area contributed by atoms with Gasteiger partial charge in [-0.05, 0) is 42.5 Å². The summed E-state index contributed by atoms with van der Waals surface area (Å²) in [6.07, 6.45) is 4.99. The third-order valence-corrected chi connectivity index (χ3v) is 5.46. The monoisotopic (exact) mass is 330 g/mol. The Morgan fingerprint density at radius 3 is 2.96 bits per heavy atom. The Labute approximate surface area is 138 Å². The maximum absolute atomic E-state index is 13.4. The summed E-state index contributed by atoms with van der Waals surface area (Å²) in [4.78, 5) is 7.91. The molecule has 0 spiro atoms. The topological polar surface area (TPSA) is 46.5 Å². The van der Waals surface area contributed by atoms with Gasteiger partial charge in [-0.3, -0.25) is 0 Å². The summed E-state index contributed by atoms with van der Waals surface area (Å²) in [5.74, 6) is 3.88. The molecular weight excluding hydrogens is 311 g/mol. The van der Waals surface area contributed by atoms with E-state index >= 15 is 0 Å². The molecule has 4 rings (SSSR count). The molecule has 0 bridgehead atoms. The SMILES string of the molecule is CCc1nc(-c2c[nH]c3cc(F)ccc23)n(C2CCSCC2)n1. The molecule has 3 aromatic rings. The normalized spacial score (nSPS) is 16.3. The zero-order valence-electron chi connectivity index (χ0n) is 13.1. The van der Waals surface area contributed by atoms with E-state index in [0.29, 0.717) is 6.04 Å². The van der Waals surface area contributed by atoms with Gasteiger partial charge in [-0.15, -0.1) is 0 Å². The molecule has 4 nitrogen and oxygen atoms in total. The zero-order valence-corrected chi connectivity index (χ0v) is 13.9.